The van der Waals surface area contributed by atoms with Gasteiger partial charge in [-0.15, -0.1) is 0 Å². The molecule has 0 fully saturated rings. The summed E-state index contributed by atoms with van der Waals surface area (Å²) >= 11 is 0. The number of nitrogens with zero attached hydrogens (tertiary/aromatic N) is 2. The molecule has 1 aliphatic heterocycles. The third kappa shape index (κ3) is 6.25. The minimum absolute atomic E-state index is 0.00675. The van der Waals surface area contributed by atoms with Crippen LogP contribution in [0.5, 0.6) is 5.75 Å². The summed E-state index contributed by atoms with van der Waals surface area (Å²) in [6.45, 7) is 4.68. The predicted octanol–water partition coefficient (Wildman–Crippen LogP) is 2.34. The number of sulfonamides is 1. The van der Waals surface area contributed by atoms with Crippen LogP contribution in [0.4, 0.5) is 10.1 Å². The van der Waals surface area contributed by atoms with Crippen molar-refractivity contribution in [2.24, 2.45) is 5.92 Å². The molecule has 0 spiro atoms. The molecule has 0 saturated heterocycles. The third-order valence-corrected chi connectivity index (χ3v) is 7.23. The molecule has 186 valence electrons. The average Bonchev–Trinajstić information content (AvgIpc) is 2.81. The molecular weight excluding hydrogens is 461 g/mol. The number of carbonyl (C=O) groups is 1. The van der Waals surface area contributed by atoms with Crippen molar-refractivity contribution in [2.45, 2.75) is 37.3 Å². The standard InChI is InChI=1S/C24H32FN3O5S/c1-16-13-28(17(2)15-29)24(30)12-18-11-20(7-10-22(18)33-23(16)14-27(3)4)26-34(31,32)21-8-5-19(25)6-9-21/h5-11,16-17,23,26,29H,12-15H2,1-4H3/t16-,17+,23+/m1/s1. The zero-order chi connectivity index (χ0) is 25.0. The predicted molar refractivity (Wildman–Crippen MR) is 128 cm³/mol. The van der Waals surface area contributed by atoms with Crippen molar-refractivity contribution in [2.75, 3.05) is 38.5 Å². The summed E-state index contributed by atoms with van der Waals surface area (Å²) in [5, 5.41) is 9.69. The van der Waals surface area contributed by atoms with E-state index in [0.29, 0.717) is 24.4 Å². The first kappa shape index (κ1) is 25.9. The van der Waals surface area contributed by atoms with Crippen LogP contribution in [0.3, 0.4) is 0 Å². The van der Waals surface area contributed by atoms with Crippen LogP contribution in [0.2, 0.25) is 0 Å². The Kier molecular flexibility index (Phi) is 8.17. The number of aliphatic hydroxyl groups excluding tert-OH is 1. The minimum atomic E-state index is -3.95. The van der Waals surface area contributed by atoms with E-state index in [9.17, 15) is 22.7 Å². The van der Waals surface area contributed by atoms with Gasteiger partial charge in [-0.05, 0) is 63.5 Å². The quantitative estimate of drug-likeness (QED) is 0.614. The zero-order valence-corrected chi connectivity index (χ0v) is 20.7. The molecule has 10 heteroatoms. The van der Waals surface area contributed by atoms with Gasteiger partial charge in [-0.3, -0.25) is 9.52 Å². The van der Waals surface area contributed by atoms with Crippen LogP contribution >= 0.6 is 0 Å². The SMILES string of the molecule is C[C@@H]1CN([C@@H](C)CO)C(=O)Cc2cc(NS(=O)(=O)c3ccc(F)cc3)ccc2O[C@H]1CN(C)C. The number of likely N-dealkylation sites (N-methyl/N-ethyl adjacent to an activating group) is 1. The summed E-state index contributed by atoms with van der Waals surface area (Å²) < 4.78 is 47.5. The molecule has 0 aromatic heterocycles. The number of rotatable bonds is 7. The molecule has 2 aromatic carbocycles. The number of amides is 1. The fourth-order valence-electron chi connectivity index (χ4n) is 3.90. The highest BCUT2D eigenvalue weighted by molar-refractivity contribution is 7.92. The number of fused-ring (bicyclic) bond motifs is 1. The summed E-state index contributed by atoms with van der Waals surface area (Å²) in [4.78, 5) is 16.8. The van der Waals surface area contributed by atoms with E-state index < -0.39 is 15.8 Å². The molecule has 0 bridgehead atoms. The molecule has 0 aliphatic carbocycles. The van der Waals surface area contributed by atoms with E-state index in [1.807, 2.05) is 25.9 Å². The Balaban J connectivity index is 1.97. The average molecular weight is 494 g/mol. The summed E-state index contributed by atoms with van der Waals surface area (Å²) in [6, 6.07) is 8.98. The number of benzene rings is 2. The molecule has 1 heterocycles. The molecule has 0 unspecified atom stereocenters. The number of hydrogen-bond donors (Lipinski definition) is 2. The van der Waals surface area contributed by atoms with Crippen molar-refractivity contribution in [1.29, 1.82) is 0 Å². The van der Waals surface area contributed by atoms with Crippen molar-refractivity contribution in [3.63, 3.8) is 0 Å². The maximum atomic E-state index is 13.2. The van der Waals surface area contributed by atoms with Crippen molar-refractivity contribution >= 4 is 21.6 Å². The van der Waals surface area contributed by atoms with Crippen molar-refractivity contribution < 1.29 is 27.4 Å². The van der Waals surface area contributed by atoms with Crippen LogP contribution in [0.1, 0.15) is 19.4 Å². The molecule has 0 radical (unpaired) electrons. The van der Waals surface area contributed by atoms with Gasteiger partial charge in [0.15, 0.2) is 0 Å². The molecule has 3 atom stereocenters. The van der Waals surface area contributed by atoms with E-state index in [4.69, 9.17) is 4.74 Å². The van der Waals surface area contributed by atoms with Gasteiger partial charge in [0.25, 0.3) is 10.0 Å². The minimum Gasteiger partial charge on any atom is -0.488 e. The highest BCUT2D eigenvalue weighted by atomic mass is 32.2. The van der Waals surface area contributed by atoms with Crippen LogP contribution in [0, 0.1) is 11.7 Å². The normalized spacial score (nSPS) is 20.1. The van der Waals surface area contributed by atoms with Gasteiger partial charge in [0.05, 0.1) is 24.0 Å². The highest BCUT2D eigenvalue weighted by Crippen LogP contribution is 2.30. The van der Waals surface area contributed by atoms with E-state index in [2.05, 4.69) is 4.72 Å². The monoisotopic (exact) mass is 493 g/mol. The molecular formula is C24H32FN3O5S. The van der Waals surface area contributed by atoms with Crippen molar-refractivity contribution in [1.82, 2.24) is 9.80 Å². The Labute approximate surface area is 200 Å². The van der Waals surface area contributed by atoms with Gasteiger partial charge in [-0.25, -0.2) is 12.8 Å². The third-order valence-electron chi connectivity index (χ3n) is 5.84. The summed E-state index contributed by atoms with van der Waals surface area (Å²) in [7, 11) is -0.0684. The largest absolute Gasteiger partial charge is 0.488 e. The second-order valence-corrected chi connectivity index (χ2v) is 10.7. The van der Waals surface area contributed by atoms with Gasteiger partial charge in [0.2, 0.25) is 5.91 Å². The van der Waals surface area contributed by atoms with Gasteiger partial charge in [-0.2, -0.15) is 0 Å². The van der Waals surface area contributed by atoms with E-state index in [0.717, 1.165) is 12.1 Å². The van der Waals surface area contributed by atoms with E-state index >= 15 is 0 Å². The van der Waals surface area contributed by atoms with Crippen LogP contribution in [-0.4, -0.2) is 75.2 Å². The number of aliphatic hydroxyl groups is 1. The topological polar surface area (TPSA) is 99.2 Å². The number of hydrogen-bond acceptors (Lipinski definition) is 6. The maximum Gasteiger partial charge on any atom is 0.261 e. The Hall–Kier alpha value is -2.69. The molecule has 1 amide bonds. The van der Waals surface area contributed by atoms with Gasteiger partial charge >= 0.3 is 0 Å². The smallest absolute Gasteiger partial charge is 0.261 e. The summed E-state index contributed by atoms with van der Waals surface area (Å²) in [5.74, 6) is -0.213. The number of carbonyl (C=O) groups excluding carboxylic acids is 1. The lowest BCUT2D eigenvalue weighted by Gasteiger charge is -2.33. The number of ether oxygens (including phenoxy) is 1. The fraction of sp³-hybridized carbons (Fsp3) is 0.458. The molecule has 2 N–H and O–H groups in total. The lowest BCUT2D eigenvalue weighted by Crippen LogP contribution is -2.47. The summed E-state index contributed by atoms with van der Waals surface area (Å²) in [6.07, 6.45) is -0.234. The highest BCUT2D eigenvalue weighted by Gasteiger charge is 2.31. The molecule has 0 saturated carbocycles. The molecule has 3 rings (SSSR count). The van der Waals surface area contributed by atoms with Gasteiger partial charge in [0, 0.05) is 30.3 Å². The fourth-order valence-corrected chi connectivity index (χ4v) is 4.95. The Morgan fingerprint density at radius 2 is 1.91 bits per heavy atom. The molecule has 8 nitrogen and oxygen atoms in total. The van der Waals surface area contributed by atoms with Crippen LogP contribution in [0.25, 0.3) is 0 Å². The molecule has 1 aliphatic rings. The second-order valence-electron chi connectivity index (χ2n) is 9.03. The van der Waals surface area contributed by atoms with Crippen LogP contribution < -0.4 is 9.46 Å². The number of anilines is 1. The van der Waals surface area contributed by atoms with Crippen LogP contribution in [0.15, 0.2) is 47.4 Å². The van der Waals surface area contributed by atoms with E-state index in [1.54, 1.807) is 30.0 Å². The van der Waals surface area contributed by atoms with Gasteiger partial charge in [0.1, 0.15) is 17.7 Å². The lowest BCUT2D eigenvalue weighted by atomic mass is 10.0. The zero-order valence-electron chi connectivity index (χ0n) is 19.9. The first-order valence-corrected chi connectivity index (χ1v) is 12.6. The molecule has 2 aromatic rings. The van der Waals surface area contributed by atoms with E-state index in [1.165, 1.54) is 12.1 Å². The Morgan fingerprint density at radius 3 is 2.53 bits per heavy atom. The first-order valence-electron chi connectivity index (χ1n) is 11.1. The second kappa shape index (κ2) is 10.7. The van der Waals surface area contributed by atoms with Gasteiger partial charge in [-0.1, -0.05) is 6.92 Å². The number of nitrogens with one attached hydrogen (secondary N) is 1. The summed E-state index contributed by atoms with van der Waals surface area (Å²) in [5.41, 5.74) is 0.801. The Morgan fingerprint density at radius 1 is 1.24 bits per heavy atom. The Bertz CT molecular complexity index is 1110. The lowest BCUT2D eigenvalue weighted by molar-refractivity contribution is -0.134. The van der Waals surface area contributed by atoms with Crippen molar-refractivity contribution in [3.8, 4) is 5.75 Å². The van der Waals surface area contributed by atoms with Crippen LogP contribution in [-0.2, 0) is 21.2 Å². The number of halogens is 1. The van der Waals surface area contributed by atoms with Gasteiger partial charge < -0.3 is 19.6 Å². The first-order chi connectivity index (χ1) is 16.0. The maximum absolute atomic E-state index is 13.2. The van der Waals surface area contributed by atoms with E-state index in [-0.39, 0.29) is 47.6 Å². The van der Waals surface area contributed by atoms with Crippen molar-refractivity contribution in [3.05, 3.63) is 53.8 Å². The molecule has 34 heavy (non-hydrogen) atoms.